The first-order valence-corrected chi connectivity index (χ1v) is 7.54. The summed E-state index contributed by atoms with van der Waals surface area (Å²) >= 11 is 0. The van der Waals surface area contributed by atoms with Crippen molar-refractivity contribution in [1.29, 1.82) is 0 Å². The minimum atomic E-state index is 0. The van der Waals surface area contributed by atoms with Crippen molar-refractivity contribution >= 4 is 29.7 Å². The van der Waals surface area contributed by atoms with Crippen LogP contribution in [0, 0.1) is 0 Å². The van der Waals surface area contributed by atoms with E-state index in [1.807, 2.05) is 23.1 Å². The lowest BCUT2D eigenvalue weighted by molar-refractivity contribution is -0.117. The molecule has 0 radical (unpaired) electrons. The van der Waals surface area contributed by atoms with Gasteiger partial charge in [0, 0.05) is 24.5 Å². The molecule has 0 saturated carbocycles. The molecule has 2 aliphatic rings. The zero-order valence-electron chi connectivity index (χ0n) is 12.4. The van der Waals surface area contributed by atoms with Crippen LogP contribution in [0.4, 0.5) is 11.4 Å². The van der Waals surface area contributed by atoms with E-state index >= 15 is 0 Å². The summed E-state index contributed by atoms with van der Waals surface area (Å²) in [5, 5.41) is 0. The van der Waals surface area contributed by atoms with Gasteiger partial charge < -0.3 is 9.80 Å². The van der Waals surface area contributed by atoms with Crippen LogP contribution >= 0.6 is 12.4 Å². The molecule has 2 heterocycles. The van der Waals surface area contributed by atoms with Crippen molar-refractivity contribution in [2.24, 2.45) is 0 Å². The molecule has 3 nitrogen and oxygen atoms in total. The van der Waals surface area contributed by atoms with E-state index in [1.54, 1.807) is 0 Å². The van der Waals surface area contributed by atoms with Crippen molar-refractivity contribution in [3.8, 4) is 0 Å². The second-order valence-corrected chi connectivity index (χ2v) is 5.72. The van der Waals surface area contributed by atoms with Crippen LogP contribution in [0.15, 0.2) is 48.5 Å². The third-order valence-corrected chi connectivity index (χ3v) is 4.50. The molecular weight excluding hydrogens is 296 g/mol. The van der Waals surface area contributed by atoms with Gasteiger partial charge in [-0.3, -0.25) is 4.79 Å². The second kappa shape index (κ2) is 6.01. The average Bonchev–Trinajstić information content (AvgIpc) is 3.12. The summed E-state index contributed by atoms with van der Waals surface area (Å²) < 4.78 is 0. The summed E-state index contributed by atoms with van der Waals surface area (Å²) in [5.74, 6) is 0.205. The Bertz CT molecular complexity index is 701. The van der Waals surface area contributed by atoms with E-state index in [9.17, 15) is 4.79 Å². The number of para-hydroxylation sites is 2. The Balaban J connectivity index is 0.00000144. The van der Waals surface area contributed by atoms with Gasteiger partial charge in [-0.25, -0.2) is 0 Å². The molecule has 0 aromatic heterocycles. The summed E-state index contributed by atoms with van der Waals surface area (Å²) in [4.78, 5) is 16.8. The molecule has 0 spiro atoms. The summed E-state index contributed by atoms with van der Waals surface area (Å²) in [5.41, 5.74) is 4.95. The Hall–Kier alpha value is -2.00. The standard InChI is InChI=1S/C18H18N2O.ClH/c21-18(20-12-10-15-6-2-4-8-17(15)20)13-19-11-9-14-5-1-3-7-16(14)19;/h1-8H,9-13H2;1H. The van der Waals surface area contributed by atoms with Crippen LogP contribution in [-0.2, 0) is 17.6 Å². The summed E-state index contributed by atoms with van der Waals surface area (Å²) in [6.45, 7) is 2.24. The van der Waals surface area contributed by atoms with Gasteiger partial charge in [-0.05, 0) is 36.1 Å². The van der Waals surface area contributed by atoms with Crippen LogP contribution < -0.4 is 9.80 Å². The fourth-order valence-electron chi connectivity index (χ4n) is 3.42. The van der Waals surface area contributed by atoms with Crippen LogP contribution in [0.3, 0.4) is 0 Å². The van der Waals surface area contributed by atoms with Gasteiger partial charge in [0.25, 0.3) is 0 Å². The number of halogens is 1. The number of benzene rings is 2. The van der Waals surface area contributed by atoms with Crippen LogP contribution in [0.2, 0.25) is 0 Å². The van der Waals surface area contributed by atoms with Crippen molar-refractivity contribution < 1.29 is 4.79 Å². The number of carbonyl (C=O) groups is 1. The highest BCUT2D eigenvalue weighted by molar-refractivity contribution is 5.98. The SMILES string of the molecule is Cl.O=C(CN1CCc2ccccc21)N1CCc2ccccc21. The number of anilines is 2. The van der Waals surface area contributed by atoms with Gasteiger partial charge in [-0.1, -0.05) is 36.4 Å². The van der Waals surface area contributed by atoms with Gasteiger partial charge in [-0.15, -0.1) is 12.4 Å². The van der Waals surface area contributed by atoms with Gasteiger partial charge in [0.2, 0.25) is 5.91 Å². The Kier molecular flexibility index (Phi) is 4.08. The fraction of sp³-hybridized carbons (Fsp3) is 0.278. The maximum Gasteiger partial charge on any atom is 0.246 e. The zero-order chi connectivity index (χ0) is 14.2. The molecule has 0 aliphatic carbocycles. The lowest BCUT2D eigenvalue weighted by atomic mass is 10.2. The first-order chi connectivity index (χ1) is 10.3. The molecule has 22 heavy (non-hydrogen) atoms. The van der Waals surface area contributed by atoms with Crippen molar-refractivity contribution in [2.75, 3.05) is 29.4 Å². The molecule has 0 saturated heterocycles. The summed E-state index contributed by atoms with van der Waals surface area (Å²) in [7, 11) is 0. The van der Waals surface area contributed by atoms with Crippen LogP contribution in [0.5, 0.6) is 0 Å². The van der Waals surface area contributed by atoms with Gasteiger partial charge in [0.15, 0.2) is 0 Å². The van der Waals surface area contributed by atoms with E-state index in [2.05, 4.69) is 35.2 Å². The van der Waals surface area contributed by atoms with E-state index in [4.69, 9.17) is 0 Å². The van der Waals surface area contributed by atoms with Crippen LogP contribution in [0.1, 0.15) is 11.1 Å². The number of hydrogen-bond donors (Lipinski definition) is 0. The lowest BCUT2D eigenvalue weighted by Crippen LogP contribution is -2.39. The summed E-state index contributed by atoms with van der Waals surface area (Å²) in [6.07, 6.45) is 2.01. The third-order valence-electron chi connectivity index (χ3n) is 4.50. The summed E-state index contributed by atoms with van der Waals surface area (Å²) in [6, 6.07) is 16.6. The van der Waals surface area contributed by atoms with Crippen molar-refractivity contribution in [3.05, 3.63) is 59.7 Å². The Morgan fingerprint density at radius 3 is 2.23 bits per heavy atom. The highest BCUT2D eigenvalue weighted by Crippen LogP contribution is 2.30. The highest BCUT2D eigenvalue weighted by Gasteiger charge is 2.27. The van der Waals surface area contributed by atoms with Gasteiger partial charge in [0.1, 0.15) is 0 Å². The lowest BCUT2D eigenvalue weighted by Gasteiger charge is -2.23. The first kappa shape index (κ1) is 14.9. The maximum atomic E-state index is 12.7. The second-order valence-electron chi connectivity index (χ2n) is 5.72. The number of hydrogen-bond acceptors (Lipinski definition) is 2. The number of rotatable bonds is 2. The monoisotopic (exact) mass is 314 g/mol. The number of amides is 1. The number of carbonyl (C=O) groups excluding carboxylic acids is 1. The minimum absolute atomic E-state index is 0. The van der Waals surface area contributed by atoms with Crippen molar-refractivity contribution in [1.82, 2.24) is 0 Å². The van der Waals surface area contributed by atoms with E-state index < -0.39 is 0 Å². The smallest absolute Gasteiger partial charge is 0.246 e. The number of fused-ring (bicyclic) bond motifs is 2. The maximum absolute atomic E-state index is 12.7. The molecule has 4 heteroatoms. The molecule has 2 aromatic carbocycles. The molecule has 1 amide bonds. The molecule has 0 unspecified atom stereocenters. The van der Waals surface area contributed by atoms with Crippen LogP contribution in [-0.4, -0.2) is 25.5 Å². The molecule has 114 valence electrons. The van der Waals surface area contributed by atoms with E-state index in [0.29, 0.717) is 6.54 Å². The minimum Gasteiger partial charge on any atom is -0.362 e. The molecule has 4 rings (SSSR count). The molecule has 2 aromatic rings. The Morgan fingerprint density at radius 2 is 1.45 bits per heavy atom. The van der Waals surface area contributed by atoms with E-state index in [0.717, 1.165) is 31.6 Å². The molecule has 2 aliphatic heterocycles. The van der Waals surface area contributed by atoms with Crippen LogP contribution in [0.25, 0.3) is 0 Å². The van der Waals surface area contributed by atoms with Gasteiger partial charge in [0.05, 0.1) is 6.54 Å². The largest absolute Gasteiger partial charge is 0.362 e. The van der Waals surface area contributed by atoms with Crippen molar-refractivity contribution in [2.45, 2.75) is 12.8 Å². The molecular formula is C18H19ClN2O. The topological polar surface area (TPSA) is 23.6 Å². The number of nitrogens with zero attached hydrogens (tertiary/aromatic N) is 2. The highest BCUT2D eigenvalue weighted by atomic mass is 35.5. The molecule has 0 atom stereocenters. The quantitative estimate of drug-likeness (QED) is 0.850. The fourth-order valence-corrected chi connectivity index (χ4v) is 3.42. The molecule has 0 bridgehead atoms. The Labute approximate surface area is 137 Å². The normalized spacial score (nSPS) is 15.3. The van der Waals surface area contributed by atoms with E-state index in [-0.39, 0.29) is 18.3 Å². The van der Waals surface area contributed by atoms with Crippen molar-refractivity contribution in [3.63, 3.8) is 0 Å². The molecule has 0 fully saturated rings. The zero-order valence-corrected chi connectivity index (χ0v) is 13.2. The first-order valence-electron chi connectivity index (χ1n) is 7.54. The molecule has 0 N–H and O–H groups in total. The van der Waals surface area contributed by atoms with Gasteiger partial charge >= 0.3 is 0 Å². The van der Waals surface area contributed by atoms with E-state index in [1.165, 1.54) is 16.8 Å². The predicted octanol–water partition coefficient (Wildman–Crippen LogP) is 3.06. The Morgan fingerprint density at radius 1 is 0.864 bits per heavy atom. The predicted molar refractivity (Wildman–Crippen MR) is 92.1 cm³/mol. The van der Waals surface area contributed by atoms with Gasteiger partial charge in [-0.2, -0.15) is 0 Å². The third kappa shape index (κ3) is 2.46. The average molecular weight is 315 g/mol.